The Labute approximate surface area is 202 Å². The number of benzene rings is 1. The molecule has 0 spiro atoms. The third-order valence-corrected chi connectivity index (χ3v) is 6.72. The second-order valence-electron chi connectivity index (χ2n) is 8.75. The van der Waals surface area contributed by atoms with Crippen LogP contribution in [0.15, 0.2) is 66.3 Å². The van der Waals surface area contributed by atoms with Crippen molar-refractivity contribution in [1.29, 1.82) is 0 Å². The van der Waals surface area contributed by atoms with Crippen molar-refractivity contribution in [1.82, 2.24) is 30.2 Å². The number of hydrogen-bond acceptors (Lipinski definition) is 6. The number of rotatable bonds is 9. The van der Waals surface area contributed by atoms with Gasteiger partial charge in [-0.2, -0.15) is 0 Å². The van der Waals surface area contributed by atoms with Crippen LogP contribution in [0, 0.1) is 0 Å². The Balaban J connectivity index is 1.72. The second-order valence-corrected chi connectivity index (χ2v) is 9.78. The monoisotopic (exact) mass is 476 g/mol. The van der Waals surface area contributed by atoms with Gasteiger partial charge in [0.2, 0.25) is 11.8 Å². The molecule has 1 atom stereocenters. The van der Waals surface area contributed by atoms with Crippen LogP contribution in [0.25, 0.3) is 11.0 Å². The molecule has 9 heteroatoms. The van der Waals surface area contributed by atoms with E-state index in [1.54, 1.807) is 45.4 Å². The summed E-state index contributed by atoms with van der Waals surface area (Å²) in [5.74, 6) is -0.457. The molecule has 34 heavy (non-hydrogen) atoms. The molecule has 176 valence electrons. The summed E-state index contributed by atoms with van der Waals surface area (Å²) in [7, 11) is 0. The standard InChI is InChI=1S/C25H28N6O2S/c1-4-25(2,3)27-24(33)23(18-11-13-26-14-12-18)30(16-19-8-7-15-34-19)22(32)17-31-21-10-6-5-9-20(21)28-29-31/h5-15,23H,4,16-17H2,1-3H3,(H,27,33)/t23-/m0/s1. The average Bonchev–Trinajstić information content (AvgIpc) is 3.49. The number of aromatic nitrogens is 4. The number of amides is 2. The number of pyridine rings is 1. The minimum Gasteiger partial charge on any atom is -0.349 e. The third-order valence-electron chi connectivity index (χ3n) is 5.86. The van der Waals surface area contributed by atoms with Gasteiger partial charge in [0.15, 0.2) is 0 Å². The Bertz CT molecular complexity index is 1250. The van der Waals surface area contributed by atoms with Gasteiger partial charge >= 0.3 is 0 Å². The molecule has 3 aromatic heterocycles. The van der Waals surface area contributed by atoms with E-state index >= 15 is 0 Å². The molecule has 3 heterocycles. The fourth-order valence-electron chi connectivity index (χ4n) is 3.66. The molecule has 4 rings (SSSR count). The first-order valence-electron chi connectivity index (χ1n) is 11.2. The van der Waals surface area contributed by atoms with Crippen molar-refractivity contribution >= 4 is 34.2 Å². The zero-order valence-electron chi connectivity index (χ0n) is 19.5. The molecule has 8 nitrogen and oxygen atoms in total. The Morgan fingerprint density at radius 3 is 2.59 bits per heavy atom. The van der Waals surface area contributed by atoms with Crippen molar-refractivity contribution in [2.24, 2.45) is 0 Å². The summed E-state index contributed by atoms with van der Waals surface area (Å²) in [6.45, 7) is 6.24. The van der Waals surface area contributed by atoms with Gasteiger partial charge in [-0.1, -0.05) is 30.3 Å². The van der Waals surface area contributed by atoms with Gasteiger partial charge in [-0.15, -0.1) is 16.4 Å². The Kier molecular flexibility index (Phi) is 7.02. The van der Waals surface area contributed by atoms with E-state index in [0.29, 0.717) is 17.6 Å². The molecule has 0 fully saturated rings. The number of nitrogens with zero attached hydrogens (tertiary/aromatic N) is 5. The molecular weight excluding hydrogens is 448 g/mol. The van der Waals surface area contributed by atoms with E-state index in [-0.39, 0.29) is 18.4 Å². The summed E-state index contributed by atoms with van der Waals surface area (Å²) in [4.78, 5) is 34.1. The van der Waals surface area contributed by atoms with Gasteiger partial charge in [0.25, 0.3) is 0 Å². The zero-order chi connectivity index (χ0) is 24.1. The van der Waals surface area contributed by atoms with Crippen molar-refractivity contribution in [2.75, 3.05) is 0 Å². The highest BCUT2D eigenvalue weighted by atomic mass is 32.1. The van der Waals surface area contributed by atoms with E-state index in [4.69, 9.17) is 0 Å². The van der Waals surface area contributed by atoms with E-state index in [2.05, 4.69) is 20.6 Å². The lowest BCUT2D eigenvalue weighted by Crippen LogP contribution is -2.50. The lowest BCUT2D eigenvalue weighted by atomic mass is 9.99. The van der Waals surface area contributed by atoms with Gasteiger partial charge in [0, 0.05) is 22.8 Å². The number of carbonyl (C=O) groups excluding carboxylic acids is 2. The fourth-order valence-corrected chi connectivity index (χ4v) is 4.36. The molecule has 0 aliphatic rings. The van der Waals surface area contributed by atoms with Gasteiger partial charge < -0.3 is 10.2 Å². The molecule has 0 bridgehead atoms. The topological polar surface area (TPSA) is 93.0 Å². The molecule has 0 saturated carbocycles. The van der Waals surface area contributed by atoms with Crippen molar-refractivity contribution in [3.8, 4) is 0 Å². The fraction of sp³-hybridized carbons (Fsp3) is 0.320. The van der Waals surface area contributed by atoms with Crippen LogP contribution in [0.2, 0.25) is 0 Å². The molecule has 0 aliphatic carbocycles. The number of hydrogen-bond donors (Lipinski definition) is 1. The van der Waals surface area contributed by atoms with E-state index in [1.165, 1.54) is 0 Å². The van der Waals surface area contributed by atoms with Gasteiger partial charge in [-0.3, -0.25) is 14.6 Å². The van der Waals surface area contributed by atoms with Crippen molar-refractivity contribution in [3.63, 3.8) is 0 Å². The molecule has 0 aliphatic heterocycles. The minimum atomic E-state index is -0.821. The van der Waals surface area contributed by atoms with Crippen LogP contribution in [0.3, 0.4) is 0 Å². The molecule has 0 unspecified atom stereocenters. The first-order valence-corrected chi connectivity index (χ1v) is 12.1. The molecule has 0 saturated heterocycles. The molecule has 0 radical (unpaired) electrons. The molecule has 1 aromatic carbocycles. The summed E-state index contributed by atoms with van der Waals surface area (Å²) in [5.41, 5.74) is 1.77. The Morgan fingerprint density at radius 1 is 1.12 bits per heavy atom. The number of carbonyl (C=O) groups is 2. The van der Waals surface area contributed by atoms with Gasteiger partial charge in [-0.25, -0.2) is 4.68 Å². The number of thiophene rings is 1. The second kappa shape index (κ2) is 10.1. The van der Waals surface area contributed by atoms with Crippen molar-refractivity contribution in [2.45, 2.75) is 51.9 Å². The maximum absolute atomic E-state index is 13.8. The van der Waals surface area contributed by atoms with Crippen LogP contribution in [-0.2, 0) is 22.7 Å². The lowest BCUT2D eigenvalue weighted by molar-refractivity contribution is -0.142. The van der Waals surface area contributed by atoms with Gasteiger partial charge in [0.1, 0.15) is 18.1 Å². The SMILES string of the molecule is CCC(C)(C)NC(=O)[C@H](c1ccncc1)N(Cc1cccs1)C(=O)Cn1nnc2ccccc21. The largest absolute Gasteiger partial charge is 0.349 e. The van der Waals surface area contributed by atoms with Crippen molar-refractivity contribution in [3.05, 3.63) is 76.7 Å². The van der Waals surface area contributed by atoms with Gasteiger partial charge in [0.05, 0.1) is 12.1 Å². The normalized spacial score (nSPS) is 12.4. The number of fused-ring (bicyclic) bond motifs is 1. The smallest absolute Gasteiger partial charge is 0.247 e. The van der Waals surface area contributed by atoms with E-state index in [1.807, 2.05) is 62.5 Å². The summed E-state index contributed by atoms with van der Waals surface area (Å²) in [6, 6.07) is 14.1. The predicted molar refractivity (Wildman–Crippen MR) is 132 cm³/mol. The Hall–Kier alpha value is -3.59. The summed E-state index contributed by atoms with van der Waals surface area (Å²) < 4.78 is 1.58. The molecule has 2 amide bonds. The van der Waals surface area contributed by atoms with Crippen LogP contribution in [0.1, 0.15) is 43.7 Å². The summed E-state index contributed by atoms with van der Waals surface area (Å²) >= 11 is 1.55. The first-order chi connectivity index (χ1) is 16.4. The number of para-hydroxylation sites is 1. The van der Waals surface area contributed by atoms with Crippen molar-refractivity contribution < 1.29 is 9.59 Å². The molecule has 1 N–H and O–H groups in total. The van der Waals surface area contributed by atoms with Crippen LogP contribution in [-0.4, -0.2) is 42.2 Å². The van der Waals surface area contributed by atoms with E-state index in [9.17, 15) is 9.59 Å². The van der Waals surface area contributed by atoms with Crippen LogP contribution < -0.4 is 5.32 Å². The van der Waals surface area contributed by atoms with E-state index < -0.39 is 11.6 Å². The zero-order valence-corrected chi connectivity index (χ0v) is 20.3. The number of nitrogens with one attached hydrogen (secondary N) is 1. The van der Waals surface area contributed by atoms with Crippen LogP contribution in [0.5, 0.6) is 0 Å². The van der Waals surface area contributed by atoms with Gasteiger partial charge in [-0.05, 0) is 61.5 Å². The predicted octanol–water partition coefficient (Wildman–Crippen LogP) is 3.96. The maximum atomic E-state index is 13.8. The van der Waals surface area contributed by atoms with Crippen LogP contribution >= 0.6 is 11.3 Å². The third kappa shape index (κ3) is 5.31. The first kappa shape index (κ1) is 23.6. The maximum Gasteiger partial charge on any atom is 0.247 e. The van der Waals surface area contributed by atoms with Crippen LogP contribution in [0.4, 0.5) is 0 Å². The summed E-state index contributed by atoms with van der Waals surface area (Å²) in [5, 5.41) is 13.4. The minimum absolute atomic E-state index is 0.0298. The highest BCUT2D eigenvalue weighted by Gasteiger charge is 2.34. The summed E-state index contributed by atoms with van der Waals surface area (Å²) in [6.07, 6.45) is 4.03. The Morgan fingerprint density at radius 2 is 1.88 bits per heavy atom. The highest BCUT2D eigenvalue weighted by molar-refractivity contribution is 7.09. The highest BCUT2D eigenvalue weighted by Crippen LogP contribution is 2.27. The molecule has 4 aromatic rings. The molecular formula is C25H28N6O2S. The quantitative estimate of drug-likeness (QED) is 0.395. The van der Waals surface area contributed by atoms with E-state index in [0.717, 1.165) is 16.8 Å². The lowest BCUT2D eigenvalue weighted by Gasteiger charge is -2.34. The average molecular weight is 477 g/mol.